The number of amides is 2. The molecule has 0 bridgehead atoms. The largest absolute Gasteiger partial charge is 0.493 e. The van der Waals surface area contributed by atoms with E-state index in [1.165, 1.54) is 6.08 Å². The van der Waals surface area contributed by atoms with Gasteiger partial charge in [0.05, 0.1) is 14.2 Å². The van der Waals surface area contributed by atoms with Crippen LogP contribution in [0.3, 0.4) is 0 Å². The van der Waals surface area contributed by atoms with Crippen LogP contribution in [0.25, 0.3) is 6.08 Å². The molecule has 0 aliphatic carbocycles. The summed E-state index contributed by atoms with van der Waals surface area (Å²) in [5, 5.41) is 2.81. The van der Waals surface area contributed by atoms with Crippen molar-refractivity contribution in [3.8, 4) is 11.5 Å². The van der Waals surface area contributed by atoms with E-state index >= 15 is 0 Å². The molecular formula is C21H22N2O4. The zero-order valence-corrected chi connectivity index (χ0v) is 15.4. The van der Waals surface area contributed by atoms with Crippen molar-refractivity contribution in [2.75, 3.05) is 31.0 Å². The van der Waals surface area contributed by atoms with Gasteiger partial charge in [0.25, 0.3) is 0 Å². The molecule has 0 unspecified atom stereocenters. The summed E-state index contributed by atoms with van der Waals surface area (Å²) in [5.74, 6) is 1.06. The molecule has 0 saturated carbocycles. The van der Waals surface area contributed by atoms with Crippen molar-refractivity contribution >= 4 is 29.3 Å². The maximum atomic E-state index is 12.2. The molecule has 2 amide bonds. The van der Waals surface area contributed by atoms with Gasteiger partial charge >= 0.3 is 0 Å². The molecule has 140 valence electrons. The second-order valence-electron chi connectivity index (χ2n) is 6.10. The fourth-order valence-electron chi connectivity index (χ4n) is 3.04. The van der Waals surface area contributed by atoms with Crippen molar-refractivity contribution in [2.45, 2.75) is 12.8 Å². The quantitative estimate of drug-likeness (QED) is 0.795. The molecule has 1 aliphatic rings. The SMILES string of the molecule is COc1cccc(/C=C/C(=O)Nc2ccc(N3CCCC3=O)cc2)c1OC. The Bertz CT molecular complexity index is 859. The van der Waals surface area contributed by atoms with Gasteiger partial charge in [-0.25, -0.2) is 0 Å². The molecule has 1 N–H and O–H groups in total. The molecule has 2 aromatic rings. The lowest BCUT2D eigenvalue weighted by Crippen LogP contribution is -2.23. The highest BCUT2D eigenvalue weighted by Gasteiger charge is 2.21. The lowest BCUT2D eigenvalue weighted by atomic mass is 10.1. The lowest BCUT2D eigenvalue weighted by molar-refractivity contribution is -0.117. The number of methoxy groups -OCH3 is 2. The summed E-state index contributed by atoms with van der Waals surface area (Å²) in [5.41, 5.74) is 2.26. The van der Waals surface area contributed by atoms with E-state index in [4.69, 9.17) is 9.47 Å². The van der Waals surface area contributed by atoms with Crippen LogP contribution < -0.4 is 19.7 Å². The standard InChI is InChI=1S/C21H22N2O4/c1-26-18-6-3-5-15(21(18)27-2)8-13-19(24)22-16-9-11-17(12-10-16)23-14-4-7-20(23)25/h3,5-6,8-13H,4,7,14H2,1-2H3,(H,22,24)/b13-8+. The average Bonchev–Trinajstić information content (AvgIpc) is 3.12. The molecule has 27 heavy (non-hydrogen) atoms. The lowest BCUT2D eigenvalue weighted by Gasteiger charge is -2.15. The second kappa shape index (κ2) is 8.40. The number of rotatable bonds is 6. The van der Waals surface area contributed by atoms with Gasteiger partial charge in [-0.3, -0.25) is 9.59 Å². The van der Waals surface area contributed by atoms with Crippen LogP contribution in [0.1, 0.15) is 18.4 Å². The molecule has 0 atom stereocenters. The van der Waals surface area contributed by atoms with Gasteiger partial charge in [0, 0.05) is 36.0 Å². The first kappa shape index (κ1) is 18.5. The highest BCUT2D eigenvalue weighted by Crippen LogP contribution is 2.31. The number of nitrogens with zero attached hydrogens (tertiary/aromatic N) is 1. The topological polar surface area (TPSA) is 67.9 Å². The van der Waals surface area contributed by atoms with Gasteiger partial charge in [-0.2, -0.15) is 0 Å². The van der Waals surface area contributed by atoms with Crippen molar-refractivity contribution in [3.05, 3.63) is 54.1 Å². The zero-order valence-electron chi connectivity index (χ0n) is 15.4. The molecule has 0 spiro atoms. The van der Waals surface area contributed by atoms with Crippen LogP contribution in [0.2, 0.25) is 0 Å². The Morgan fingerprint density at radius 1 is 1.11 bits per heavy atom. The molecule has 6 heteroatoms. The van der Waals surface area contributed by atoms with E-state index in [0.717, 1.165) is 24.2 Å². The van der Waals surface area contributed by atoms with E-state index in [0.29, 0.717) is 23.6 Å². The minimum Gasteiger partial charge on any atom is -0.493 e. The minimum atomic E-state index is -0.259. The highest BCUT2D eigenvalue weighted by molar-refractivity contribution is 6.02. The normalized spacial score (nSPS) is 13.9. The van der Waals surface area contributed by atoms with Crippen LogP contribution >= 0.6 is 0 Å². The van der Waals surface area contributed by atoms with Gasteiger partial charge in [0.2, 0.25) is 11.8 Å². The average molecular weight is 366 g/mol. The minimum absolute atomic E-state index is 0.141. The number of nitrogens with one attached hydrogen (secondary N) is 1. The van der Waals surface area contributed by atoms with Gasteiger partial charge in [-0.15, -0.1) is 0 Å². The van der Waals surface area contributed by atoms with Crippen molar-refractivity contribution in [1.82, 2.24) is 0 Å². The Morgan fingerprint density at radius 2 is 1.89 bits per heavy atom. The summed E-state index contributed by atoms with van der Waals surface area (Å²) in [6.45, 7) is 0.746. The molecule has 1 heterocycles. The number of hydrogen-bond acceptors (Lipinski definition) is 4. The van der Waals surface area contributed by atoms with Crippen LogP contribution in [0.4, 0.5) is 11.4 Å². The second-order valence-corrected chi connectivity index (χ2v) is 6.10. The maximum Gasteiger partial charge on any atom is 0.248 e. The first-order chi connectivity index (χ1) is 13.1. The summed E-state index contributed by atoms with van der Waals surface area (Å²) in [6.07, 6.45) is 4.59. The van der Waals surface area contributed by atoms with E-state index in [1.807, 2.05) is 24.3 Å². The van der Waals surface area contributed by atoms with Crippen molar-refractivity contribution in [3.63, 3.8) is 0 Å². The summed E-state index contributed by atoms with van der Waals surface area (Å²) in [7, 11) is 3.12. The van der Waals surface area contributed by atoms with E-state index in [1.54, 1.807) is 43.4 Å². The molecule has 2 aromatic carbocycles. The predicted molar refractivity (Wildman–Crippen MR) is 105 cm³/mol. The summed E-state index contributed by atoms with van der Waals surface area (Å²) >= 11 is 0. The number of anilines is 2. The fraction of sp³-hybridized carbons (Fsp3) is 0.238. The first-order valence-electron chi connectivity index (χ1n) is 8.73. The van der Waals surface area contributed by atoms with Gasteiger partial charge in [-0.1, -0.05) is 12.1 Å². The number of ether oxygens (including phenoxy) is 2. The van der Waals surface area contributed by atoms with Gasteiger partial charge in [-0.05, 0) is 42.8 Å². The molecular weight excluding hydrogens is 344 g/mol. The summed E-state index contributed by atoms with van der Waals surface area (Å²) < 4.78 is 10.6. The van der Waals surface area contributed by atoms with Crippen LogP contribution in [0.15, 0.2) is 48.5 Å². The third-order valence-corrected chi connectivity index (χ3v) is 4.37. The number of benzene rings is 2. The summed E-state index contributed by atoms with van der Waals surface area (Å²) in [6, 6.07) is 12.7. The number of carbonyl (C=O) groups is 2. The first-order valence-corrected chi connectivity index (χ1v) is 8.73. The van der Waals surface area contributed by atoms with E-state index in [-0.39, 0.29) is 11.8 Å². The van der Waals surface area contributed by atoms with E-state index < -0.39 is 0 Å². The number of hydrogen-bond donors (Lipinski definition) is 1. The van der Waals surface area contributed by atoms with Gasteiger partial charge in [0.15, 0.2) is 11.5 Å². The fourth-order valence-corrected chi connectivity index (χ4v) is 3.04. The van der Waals surface area contributed by atoms with Crippen molar-refractivity contribution in [1.29, 1.82) is 0 Å². The van der Waals surface area contributed by atoms with E-state index in [9.17, 15) is 9.59 Å². The van der Waals surface area contributed by atoms with Crippen LogP contribution in [0.5, 0.6) is 11.5 Å². The highest BCUT2D eigenvalue weighted by atomic mass is 16.5. The Kier molecular flexibility index (Phi) is 5.76. The van der Waals surface area contributed by atoms with Crippen LogP contribution in [-0.4, -0.2) is 32.6 Å². The van der Waals surface area contributed by atoms with Crippen LogP contribution in [-0.2, 0) is 9.59 Å². The molecule has 0 radical (unpaired) electrons. The number of carbonyl (C=O) groups excluding carboxylic acids is 2. The number of para-hydroxylation sites is 1. The van der Waals surface area contributed by atoms with Gasteiger partial charge < -0.3 is 19.7 Å². The van der Waals surface area contributed by atoms with Gasteiger partial charge in [0.1, 0.15) is 0 Å². The Labute approximate surface area is 158 Å². The third kappa shape index (κ3) is 4.28. The van der Waals surface area contributed by atoms with Crippen molar-refractivity contribution < 1.29 is 19.1 Å². The molecule has 6 nitrogen and oxygen atoms in total. The monoisotopic (exact) mass is 366 g/mol. The molecule has 1 aliphatic heterocycles. The van der Waals surface area contributed by atoms with Crippen LogP contribution in [0, 0.1) is 0 Å². The van der Waals surface area contributed by atoms with Crippen molar-refractivity contribution in [2.24, 2.45) is 0 Å². The third-order valence-electron chi connectivity index (χ3n) is 4.37. The maximum absolute atomic E-state index is 12.2. The molecule has 1 fully saturated rings. The summed E-state index contributed by atoms with van der Waals surface area (Å²) in [4.78, 5) is 25.7. The smallest absolute Gasteiger partial charge is 0.248 e. The van der Waals surface area contributed by atoms with E-state index in [2.05, 4.69) is 5.32 Å². The predicted octanol–water partition coefficient (Wildman–Crippen LogP) is 3.48. The Balaban J connectivity index is 1.66. The molecule has 1 saturated heterocycles. The zero-order chi connectivity index (χ0) is 19.2. The Morgan fingerprint density at radius 3 is 2.52 bits per heavy atom. The molecule has 3 rings (SSSR count). The Hall–Kier alpha value is -3.28. The molecule has 0 aromatic heterocycles.